The second-order valence-corrected chi connectivity index (χ2v) is 3.83. The number of nitriles is 1. The van der Waals surface area contributed by atoms with E-state index in [1.165, 1.54) is 0 Å². The number of hydrogen-bond donors (Lipinski definition) is 1. The third-order valence-electron chi connectivity index (χ3n) is 2.57. The molecule has 0 spiro atoms. The first kappa shape index (κ1) is 10.4. The first-order valence-corrected chi connectivity index (χ1v) is 5.07. The Labute approximate surface area is 93.6 Å². The summed E-state index contributed by atoms with van der Waals surface area (Å²) in [4.78, 5) is 11.1. The minimum atomic E-state index is -0.0510. The molecule has 0 fully saturated rings. The Balaban J connectivity index is 2.30. The summed E-state index contributed by atoms with van der Waals surface area (Å²) in [5.74, 6) is 0.0616. The number of hydrogen-bond acceptors (Lipinski definition) is 3. The van der Waals surface area contributed by atoms with E-state index in [-0.39, 0.29) is 11.8 Å². The van der Waals surface area contributed by atoms with Gasteiger partial charge in [0.25, 0.3) is 0 Å². The number of hydrazone groups is 1. The Morgan fingerprint density at radius 3 is 2.69 bits per heavy atom. The van der Waals surface area contributed by atoms with Crippen LogP contribution in [-0.2, 0) is 4.79 Å². The van der Waals surface area contributed by atoms with Gasteiger partial charge in [0, 0.05) is 12.3 Å². The Morgan fingerprint density at radius 2 is 2.12 bits per heavy atom. The van der Waals surface area contributed by atoms with Gasteiger partial charge in [-0.1, -0.05) is 19.1 Å². The second-order valence-electron chi connectivity index (χ2n) is 3.83. The molecule has 4 heteroatoms. The van der Waals surface area contributed by atoms with E-state index in [0.29, 0.717) is 12.0 Å². The molecule has 0 bridgehead atoms. The number of nitrogens with zero attached hydrogens (tertiary/aromatic N) is 2. The maximum Gasteiger partial charge on any atom is 0.240 e. The van der Waals surface area contributed by atoms with Crippen molar-refractivity contribution in [2.45, 2.75) is 13.3 Å². The van der Waals surface area contributed by atoms with Crippen molar-refractivity contribution in [3.05, 3.63) is 35.4 Å². The molecule has 0 radical (unpaired) electrons. The summed E-state index contributed by atoms with van der Waals surface area (Å²) in [6.45, 7) is 1.97. The Bertz CT molecular complexity index is 482. The zero-order valence-corrected chi connectivity index (χ0v) is 8.90. The zero-order chi connectivity index (χ0) is 11.5. The van der Waals surface area contributed by atoms with E-state index in [2.05, 4.69) is 16.6 Å². The van der Waals surface area contributed by atoms with Crippen LogP contribution in [0.5, 0.6) is 0 Å². The number of rotatable bonds is 1. The van der Waals surface area contributed by atoms with Gasteiger partial charge in [0.1, 0.15) is 0 Å². The average molecular weight is 213 g/mol. The van der Waals surface area contributed by atoms with E-state index in [0.717, 1.165) is 11.3 Å². The van der Waals surface area contributed by atoms with Gasteiger partial charge in [-0.05, 0) is 17.7 Å². The monoisotopic (exact) mass is 213 g/mol. The topological polar surface area (TPSA) is 65.2 Å². The fourth-order valence-electron chi connectivity index (χ4n) is 1.72. The summed E-state index contributed by atoms with van der Waals surface area (Å²) in [7, 11) is 0. The standard InChI is InChI=1S/C12H11N3O/c1-8-6-11(16)14-15-12(8)10-4-2-9(7-13)3-5-10/h2-5,8H,6H2,1H3,(H,14,16). The highest BCUT2D eigenvalue weighted by Gasteiger charge is 2.21. The molecule has 0 saturated heterocycles. The Kier molecular flexibility index (Phi) is 2.69. The number of nitrogens with one attached hydrogen (secondary N) is 1. The molecule has 1 aromatic carbocycles. The molecule has 0 saturated carbocycles. The molecule has 16 heavy (non-hydrogen) atoms. The molecular weight excluding hydrogens is 202 g/mol. The third kappa shape index (κ3) is 1.94. The van der Waals surface area contributed by atoms with Gasteiger partial charge in [0.05, 0.1) is 17.3 Å². The fraction of sp³-hybridized carbons (Fsp3) is 0.250. The van der Waals surface area contributed by atoms with Crippen LogP contribution in [0.4, 0.5) is 0 Å². The first-order valence-electron chi connectivity index (χ1n) is 5.07. The molecule has 1 aliphatic rings. The predicted octanol–water partition coefficient (Wildman–Crippen LogP) is 1.42. The number of amides is 1. The Morgan fingerprint density at radius 1 is 1.44 bits per heavy atom. The number of benzene rings is 1. The van der Waals surface area contributed by atoms with Gasteiger partial charge < -0.3 is 0 Å². The van der Waals surface area contributed by atoms with Crippen LogP contribution in [0.2, 0.25) is 0 Å². The van der Waals surface area contributed by atoms with Gasteiger partial charge in [-0.15, -0.1) is 0 Å². The van der Waals surface area contributed by atoms with Gasteiger partial charge in [-0.2, -0.15) is 10.4 Å². The summed E-state index contributed by atoms with van der Waals surface area (Å²) >= 11 is 0. The molecule has 2 rings (SSSR count). The molecule has 1 N–H and O–H groups in total. The Hall–Kier alpha value is -2.15. The van der Waals surface area contributed by atoms with Crippen LogP contribution in [0.1, 0.15) is 24.5 Å². The smallest absolute Gasteiger partial charge is 0.240 e. The van der Waals surface area contributed by atoms with E-state index >= 15 is 0 Å². The molecule has 0 aromatic heterocycles. The van der Waals surface area contributed by atoms with Crippen LogP contribution in [0.25, 0.3) is 0 Å². The lowest BCUT2D eigenvalue weighted by molar-refractivity contribution is -0.121. The van der Waals surface area contributed by atoms with Crippen LogP contribution in [-0.4, -0.2) is 11.6 Å². The summed E-state index contributed by atoms with van der Waals surface area (Å²) in [6, 6.07) is 9.27. The van der Waals surface area contributed by atoms with Crippen molar-refractivity contribution in [1.82, 2.24) is 5.43 Å². The molecule has 1 aliphatic heterocycles. The minimum Gasteiger partial charge on any atom is -0.273 e. The number of carbonyl (C=O) groups is 1. The lowest BCUT2D eigenvalue weighted by Crippen LogP contribution is -2.31. The SMILES string of the molecule is CC1CC(=O)NN=C1c1ccc(C#N)cc1. The zero-order valence-electron chi connectivity index (χ0n) is 8.90. The van der Waals surface area contributed by atoms with Crippen molar-refractivity contribution in [2.24, 2.45) is 11.0 Å². The second kappa shape index (κ2) is 4.15. The van der Waals surface area contributed by atoms with Gasteiger partial charge in [0.15, 0.2) is 0 Å². The predicted molar refractivity (Wildman–Crippen MR) is 59.6 cm³/mol. The highest BCUT2D eigenvalue weighted by atomic mass is 16.2. The summed E-state index contributed by atoms with van der Waals surface area (Å²) in [5, 5.41) is 12.7. The van der Waals surface area contributed by atoms with E-state index < -0.39 is 0 Å². The van der Waals surface area contributed by atoms with Gasteiger partial charge >= 0.3 is 0 Å². The van der Waals surface area contributed by atoms with Crippen LogP contribution in [0, 0.1) is 17.2 Å². The van der Waals surface area contributed by atoms with Gasteiger partial charge in [-0.25, -0.2) is 5.43 Å². The van der Waals surface area contributed by atoms with Gasteiger partial charge in [-0.3, -0.25) is 4.79 Å². The molecule has 1 atom stereocenters. The van der Waals surface area contributed by atoms with Crippen molar-refractivity contribution in [3.8, 4) is 6.07 Å². The highest BCUT2D eigenvalue weighted by molar-refractivity contribution is 6.05. The molecule has 1 heterocycles. The maximum absolute atomic E-state index is 11.1. The fourth-order valence-corrected chi connectivity index (χ4v) is 1.72. The third-order valence-corrected chi connectivity index (χ3v) is 2.57. The molecule has 80 valence electrons. The van der Waals surface area contributed by atoms with Crippen LogP contribution < -0.4 is 5.43 Å². The van der Waals surface area contributed by atoms with Crippen LogP contribution in [0.3, 0.4) is 0 Å². The van der Waals surface area contributed by atoms with Crippen LogP contribution in [0.15, 0.2) is 29.4 Å². The molecular formula is C12H11N3O. The minimum absolute atomic E-state index is 0.0510. The van der Waals surface area contributed by atoms with E-state index in [9.17, 15) is 4.79 Å². The molecule has 1 amide bonds. The van der Waals surface area contributed by atoms with E-state index in [1.807, 2.05) is 19.1 Å². The first-order chi connectivity index (χ1) is 7.70. The molecule has 0 aliphatic carbocycles. The van der Waals surface area contributed by atoms with Gasteiger partial charge in [0.2, 0.25) is 5.91 Å². The molecule has 1 unspecified atom stereocenters. The van der Waals surface area contributed by atoms with E-state index in [4.69, 9.17) is 5.26 Å². The quantitative estimate of drug-likeness (QED) is 0.766. The summed E-state index contributed by atoms with van der Waals surface area (Å²) in [6.07, 6.45) is 0.457. The molecule has 4 nitrogen and oxygen atoms in total. The lowest BCUT2D eigenvalue weighted by Gasteiger charge is -2.18. The van der Waals surface area contributed by atoms with Crippen LogP contribution >= 0.6 is 0 Å². The average Bonchev–Trinajstić information content (AvgIpc) is 2.29. The summed E-state index contributed by atoms with van der Waals surface area (Å²) < 4.78 is 0. The van der Waals surface area contributed by atoms with Crippen molar-refractivity contribution in [1.29, 1.82) is 5.26 Å². The largest absolute Gasteiger partial charge is 0.273 e. The van der Waals surface area contributed by atoms with Crippen molar-refractivity contribution in [3.63, 3.8) is 0 Å². The maximum atomic E-state index is 11.1. The summed E-state index contributed by atoms with van der Waals surface area (Å²) in [5.41, 5.74) is 4.91. The van der Waals surface area contributed by atoms with Crippen molar-refractivity contribution in [2.75, 3.05) is 0 Å². The normalized spacial score (nSPS) is 19.6. The molecule has 1 aromatic rings. The van der Waals surface area contributed by atoms with E-state index in [1.54, 1.807) is 12.1 Å². The lowest BCUT2D eigenvalue weighted by atomic mass is 9.94. The number of carbonyl (C=O) groups excluding carboxylic acids is 1. The highest BCUT2D eigenvalue weighted by Crippen LogP contribution is 2.16. The van der Waals surface area contributed by atoms with Crippen molar-refractivity contribution < 1.29 is 4.79 Å². The van der Waals surface area contributed by atoms with Crippen molar-refractivity contribution >= 4 is 11.6 Å².